The predicted octanol–water partition coefficient (Wildman–Crippen LogP) is 3.07. The van der Waals surface area contributed by atoms with E-state index in [0.717, 1.165) is 0 Å². The van der Waals surface area contributed by atoms with Crippen molar-refractivity contribution in [3.63, 3.8) is 0 Å². The number of Topliss-reactive ketones (excluding diaryl/α,β-unsaturated/α-hetero) is 1. The van der Waals surface area contributed by atoms with E-state index in [2.05, 4.69) is 0 Å². The smallest absolute Gasteiger partial charge is 0.338 e. The van der Waals surface area contributed by atoms with Gasteiger partial charge < -0.3 is 9.47 Å². The maximum atomic E-state index is 12.0. The van der Waals surface area contributed by atoms with E-state index >= 15 is 0 Å². The highest BCUT2D eigenvalue weighted by Gasteiger charge is 2.16. The van der Waals surface area contributed by atoms with Crippen molar-refractivity contribution in [1.82, 2.24) is 0 Å². The SMILES string of the molecule is CCOC(=O)c1ccc(OCC)c(C(=O)CCCl)c1. The summed E-state index contributed by atoms with van der Waals surface area (Å²) in [6.07, 6.45) is 0.202. The summed E-state index contributed by atoms with van der Waals surface area (Å²) in [5, 5.41) is 0. The Morgan fingerprint density at radius 1 is 1.21 bits per heavy atom. The summed E-state index contributed by atoms with van der Waals surface area (Å²) in [5.41, 5.74) is 0.705. The fourth-order valence-corrected chi connectivity index (χ4v) is 1.76. The number of esters is 1. The Kier molecular flexibility index (Phi) is 6.36. The van der Waals surface area contributed by atoms with Crippen LogP contribution in [0.25, 0.3) is 0 Å². The normalized spacial score (nSPS) is 10.1. The van der Waals surface area contributed by atoms with E-state index in [0.29, 0.717) is 23.5 Å². The number of hydrogen-bond donors (Lipinski definition) is 0. The van der Waals surface area contributed by atoms with Gasteiger partial charge in [-0.1, -0.05) is 0 Å². The fraction of sp³-hybridized carbons (Fsp3) is 0.429. The molecule has 0 atom stereocenters. The maximum absolute atomic E-state index is 12.0. The Labute approximate surface area is 117 Å². The molecule has 0 aliphatic rings. The second kappa shape index (κ2) is 7.79. The van der Waals surface area contributed by atoms with Crippen LogP contribution in [0.15, 0.2) is 18.2 Å². The third-order valence-electron chi connectivity index (χ3n) is 2.41. The molecule has 0 fully saturated rings. The van der Waals surface area contributed by atoms with E-state index in [1.165, 1.54) is 6.07 Å². The second-order valence-corrected chi connectivity index (χ2v) is 4.10. The summed E-state index contributed by atoms with van der Waals surface area (Å²) in [5.74, 6) is 0.0920. The number of halogens is 1. The highest BCUT2D eigenvalue weighted by Crippen LogP contribution is 2.22. The number of benzene rings is 1. The first-order chi connectivity index (χ1) is 9.13. The van der Waals surface area contributed by atoms with Gasteiger partial charge >= 0.3 is 5.97 Å². The monoisotopic (exact) mass is 284 g/mol. The van der Waals surface area contributed by atoms with Crippen LogP contribution in [0.2, 0.25) is 0 Å². The fourth-order valence-electron chi connectivity index (χ4n) is 1.59. The lowest BCUT2D eigenvalue weighted by atomic mass is 10.0. The van der Waals surface area contributed by atoms with Crippen LogP contribution in [0.3, 0.4) is 0 Å². The molecule has 0 radical (unpaired) electrons. The van der Waals surface area contributed by atoms with E-state index < -0.39 is 5.97 Å². The van der Waals surface area contributed by atoms with Crippen LogP contribution in [0.5, 0.6) is 5.75 Å². The number of hydrogen-bond acceptors (Lipinski definition) is 4. The molecule has 1 aromatic rings. The van der Waals surface area contributed by atoms with Crippen molar-refractivity contribution in [3.05, 3.63) is 29.3 Å². The summed E-state index contributed by atoms with van der Waals surface area (Å²) in [6.45, 7) is 4.29. The van der Waals surface area contributed by atoms with Crippen molar-refractivity contribution < 1.29 is 19.1 Å². The Hall–Kier alpha value is -1.55. The van der Waals surface area contributed by atoms with Gasteiger partial charge in [0, 0.05) is 12.3 Å². The summed E-state index contributed by atoms with van der Waals surface area (Å²) in [7, 11) is 0. The molecular formula is C14H17ClO4. The van der Waals surface area contributed by atoms with E-state index in [4.69, 9.17) is 21.1 Å². The molecule has 0 aliphatic heterocycles. The molecule has 0 saturated carbocycles. The Balaban J connectivity index is 3.10. The van der Waals surface area contributed by atoms with Crippen LogP contribution in [0, 0.1) is 0 Å². The first-order valence-electron chi connectivity index (χ1n) is 6.17. The van der Waals surface area contributed by atoms with Gasteiger partial charge in [-0.15, -0.1) is 11.6 Å². The molecule has 5 heteroatoms. The molecule has 0 spiro atoms. The molecule has 0 aromatic heterocycles. The van der Waals surface area contributed by atoms with Crippen molar-refractivity contribution in [2.24, 2.45) is 0 Å². The summed E-state index contributed by atoms with van der Waals surface area (Å²) < 4.78 is 10.3. The third-order valence-corrected chi connectivity index (χ3v) is 2.60. The van der Waals surface area contributed by atoms with Gasteiger partial charge in [0.15, 0.2) is 5.78 Å². The van der Waals surface area contributed by atoms with Gasteiger partial charge in [0.05, 0.1) is 24.3 Å². The number of carbonyl (C=O) groups excluding carboxylic acids is 2. The molecular weight excluding hydrogens is 268 g/mol. The van der Waals surface area contributed by atoms with Crippen molar-refractivity contribution in [3.8, 4) is 5.75 Å². The second-order valence-electron chi connectivity index (χ2n) is 3.73. The lowest BCUT2D eigenvalue weighted by Gasteiger charge is -2.10. The van der Waals surface area contributed by atoms with Gasteiger partial charge in [-0.05, 0) is 32.0 Å². The van der Waals surface area contributed by atoms with Gasteiger partial charge in [0.2, 0.25) is 0 Å². The standard InChI is InChI=1S/C14H17ClO4/c1-3-18-13-6-5-10(14(17)19-4-2)9-11(13)12(16)7-8-15/h5-6,9H,3-4,7-8H2,1-2H3. The lowest BCUT2D eigenvalue weighted by Crippen LogP contribution is -2.09. The molecule has 1 aromatic carbocycles. The van der Waals surface area contributed by atoms with Crippen molar-refractivity contribution in [2.75, 3.05) is 19.1 Å². The van der Waals surface area contributed by atoms with Crippen molar-refractivity contribution >= 4 is 23.4 Å². The average molecular weight is 285 g/mol. The van der Waals surface area contributed by atoms with Crippen LogP contribution in [-0.4, -0.2) is 30.8 Å². The first kappa shape index (κ1) is 15.5. The van der Waals surface area contributed by atoms with Crippen LogP contribution in [0.4, 0.5) is 0 Å². The highest BCUT2D eigenvalue weighted by molar-refractivity contribution is 6.19. The largest absolute Gasteiger partial charge is 0.493 e. The number of alkyl halides is 1. The molecule has 0 saturated heterocycles. The van der Waals surface area contributed by atoms with Gasteiger partial charge in [-0.3, -0.25) is 4.79 Å². The molecule has 0 unspecified atom stereocenters. The van der Waals surface area contributed by atoms with Gasteiger partial charge in [0.1, 0.15) is 5.75 Å². The zero-order valence-corrected chi connectivity index (χ0v) is 11.8. The Morgan fingerprint density at radius 2 is 1.95 bits per heavy atom. The quantitative estimate of drug-likeness (QED) is 0.439. The highest BCUT2D eigenvalue weighted by atomic mass is 35.5. The van der Waals surface area contributed by atoms with Gasteiger partial charge in [0.25, 0.3) is 0 Å². The molecule has 0 bridgehead atoms. The molecule has 1 rings (SSSR count). The number of ether oxygens (including phenoxy) is 2. The van der Waals surface area contributed by atoms with Crippen molar-refractivity contribution in [1.29, 1.82) is 0 Å². The number of carbonyl (C=O) groups is 2. The number of ketones is 1. The molecule has 0 heterocycles. The maximum Gasteiger partial charge on any atom is 0.338 e. The Bertz CT molecular complexity index is 457. The topological polar surface area (TPSA) is 52.6 Å². The first-order valence-corrected chi connectivity index (χ1v) is 6.70. The lowest BCUT2D eigenvalue weighted by molar-refractivity contribution is 0.0526. The van der Waals surface area contributed by atoms with E-state index in [1.54, 1.807) is 19.1 Å². The molecule has 4 nitrogen and oxygen atoms in total. The van der Waals surface area contributed by atoms with Crippen molar-refractivity contribution in [2.45, 2.75) is 20.3 Å². The molecule has 19 heavy (non-hydrogen) atoms. The molecule has 0 aliphatic carbocycles. The molecule has 0 amide bonds. The minimum Gasteiger partial charge on any atom is -0.493 e. The summed E-state index contributed by atoms with van der Waals surface area (Å²) in [6, 6.07) is 4.69. The molecule has 104 valence electrons. The van der Waals surface area contributed by atoms with Gasteiger partial charge in [-0.25, -0.2) is 4.79 Å². The minimum absolute atomic E-state index is 0.149. The zero-order chi connectivity index (χ0) is 14.3. The van der Waals surface area contributed by atoms with Crippen LogP contribution in [0.1, 0.15) is 41.0 Å². The van der Waals surface area contributed by atoms with E-state index in [9.17, 15) is 9.59 Å². The summed E-state index contributed by atoms with van der Waals surface area (Å²) in [4.78, 5) is 23.6. The zero-order valence-electron chi connectivity index (χ0n) is 11.1. The predicted molar refractivity (Wildman–Crippen MR) is 73.2 cm³/mol. The number of rotatable bonds is 7. The Morgan fingerprint density at radius 3 is 2.53 bits per heavy atom. The van der Waals surface area contributed by atoms with Crippen LogP contribution < -0.4 is 4.74 Å². The van der Waals surface area contributed by atoms with E-state index in [-0.39, 0.29) is 24.7 Å². The van der Waals surface area contributed by atoms with Gasteiger partial charge in [-0.2, -0.15) is 0 Å². The molecule has 0 N–H and O–H groups in total. The summed E-state index contributed by atoms with van der Waals surface area (Å²) >= 11 is 5.57. The van der Waals surface area contributed by atoms with Crippen LogP contribution in [-0.2, 0) is 4.74 Å². The van der Waals surface area contributed by atoms with Crippen LogP contribution >= 0.6 is 11.6 Å². The van der Waals surface area contributed by atoms with E-state index in [1.807, 2.05) is 6.92 Å². The third kappa shape index (κ3) is 4.24. The minimum atomic E-state index is -0.453. The average Bonchev–Trinajstić information content (AvgIpc) is 2.40.